The third-order valence-electron chi connectivity index (χ3n) is 13.9. The average molecular weight is 651 g/mol. The lowest BCUT2D eigenvalue weighted by molar-refractivity contribution is -0.182. The zero-order valence-corrected chi connectivity index (χ0v) is 29.5. The minimum Gasteiger partial charge on any atom is -0.504 e. The fraction of sp³-hybridized carbons (Fsp3) is 0.625. The van der Waals surface area contributed by atoms with Crippen molar-refractivity contribution in [1.82, 2.24) is 9.55 Å². The second-order valence-electron chi connectivity index (χ2n) is 16.5. The molecule has 6 atom stereocenters. The first-order valence-electron chi connectivity index (χ1n) is 17.8. The van der Waals surface area contributed by atoms with E-state index in [4.69, 9.17) is 10.00 Å². The van der Waals surface area contributed by atoms with Gasteiger partial charge in [-0.15, -0.1) is 0 Å². The molecule has 3 saturated carbocycles. The van der Waals surface area contributed by atoms with E-state index in [9.17, 15) is 20.0 Å². The summed E-state index contributed by atoms with van der Waals surface area (Å²) in [5.74, 6) is -0.144. The van der Waals surface area contributed by atoms with E-state index < -0.39 is 5.41 Å². The molecule has 0 bridgehead atoms. The quantitative estimate of drug-likeness (QED) is 0.221. The number of aliphatic hydroxyl groups is 1. The lowest BCUT2D eigenvalue weighted by Crippen LogP contribution is -2.62. The number of ether oxygens (including phenoxy) is 1. The number of rotatable bonds is 8. The molecule has 8 heteroatoms. The lowest BCUT2D eigenvalue weighted by Gasteiger charge is -2.70. The van der Waals surface area contributed by atoms with Gasteiger partial charge in [-0.05, 0) is 117 Å². The number of unbranched alkanes of at least 4 members (excludes halogenated alkanes) is 3. The normalized spacial score (nSPS) is 35.5. The maximum absolute atomic E-state index is 13.8. The molecule has 1 aromatic rings. The standard InChI is InChI=1S/C40H50N4O4/c1-26-27-11-12-32-38(4,28(27)21-31(45)34(26)46)16-18-40(6)33-22-37(3,14-13-36(33,2)15-17-39(32,40)5)35(47)48-20-10-8-7-9-19-44-25-43-29(23-41)30(44)24-42/h11-12,21,25,33,46H,7-10,13-20,22H2,1-6H3/t33-,36-,37-,38+,39-,40+/m1/s1. The van der Waals surface area contributed by atoms with Gasteiger partial charge < -0.3 is 14.4 Å². The largest absolute Gasteiger partial charge is 0.504 e. The summed E-state index contributed by atoms with van der Waals surface area (Å²) in [5.41, 5.74) is 3.86. The predicted octanol–water partition coefficient (Wildman–Crippen LogP) is 8.36. The number of fused-ring (bicyclic) bond motifs is 7. The van der Waals surface area contributed by atoms with Crippen molar-refractivity contribution in [3.05, 3.63) is 64.0 Å². The average Bonchev–Trinajstić information content (AvgIpc) is 3.47. The SMILES string of the molecule is CC1=C(O)C(=O)C=C2C1=CC=C1[C@@]2(C)CC[C@@]2(C)[C@@H]3C[C@](C)(C(=O)OCCCCCCn4cnc(C#N)c4C#N)CC[C@]3(C)CC[C@]12C. The van der Waals surface area contributed by atoms with Crippen LogP contribution in [-0.2, 0) is 20.9 Å². The van der Waals surface area contributed by atoms with Crippen molar-refractivity contribution in [3.8, 4) is 12.1 Å². The number of nitrogens with zero attached hydrogens (tertiary/aromatic N) is 4. The molecule has 5 aliphatic carbocycles. The Hall–Kier alpha value is -3.91. The first-order chi connectivity index (χ1) is 22.7. The van der Waals surface area contributed by atoms with Crippen LogP contribution in [0, 0.1) is 55.7 Å². The van der Waals surface area contributed by atoms with E-state index in [1.807, 2.05) is 13.0 Å². The zero-order chi connectivity index (χ0) is 34.7. The Labute approximate surface area is 285 Å². The molecule has 0 unspecified atom stereocenters. The van der Waals surface area contributed by atoms with Crippen LogP contribution in [0.15, 0.2) is 52.6 Å². The summed E-state index contributed by atoms with van der Waals surface area (Å²) in [6.45, 7) is 14.7. The van der Waals surface area contributed by atoms with E-state index in [0.717, 1.165) is 81.8 Å². The van der Waals surface area contributed by atoms with Crippen LogP contribution in [-0.4, -0.2) is 33.0 Å². The summed E-state index contributed by atoms with van der Waals surface area (Å²) in [5, 5.41) is 28.8. The molecule has 1 aromatic heterocycles. The van der Waals surface area contributed by atoms with Gasteiger partial charge in [-0.2, -0.15) is 10.5 Å². The highest BCUT2D eigenvalue weighted by atomic mass is 16.5. The molecular formula is C40H50N4O4. The smallest absolute Gasteiger partial charge is 0.311 e. The van der Waals surface area contributed by atoms with Gasteiger partial charge in [-0.1, -0.05) is 51.8 Å². The molecule has 48 heavy (non-hydrogen) atoms. The van der Waals surface area contributed by atoms with Gasteiger partial charge in [0.25, 0.3) is 0 Å². The van der Waals surface area contributed by atoms with Crippen molar-refractivity contribution in [1.29, 1.82) is 10.5 Å². The molecular weight excluding hydrogens is 600 g/mol. The number of esters is 1. The van der Waals surface area contributed by atoms with Crippen molar-refractivity contribution in [3.63, 3.8) is 0 Å². The van der Waals surface area contributed by atoms with Gasteiger partial charge >= 0.3 is 5.97 Å². The van der Waals surface area contributed by atoms with Crippen molar-refractivity contribution in [2.75, 3.05) is 6.61 Å². The first-order valence-corrected chi connectivity index (χ1v) is 17.8. The van der Waals surface area contributed by atoms with Gasteiger partial charge in [0.1, 0.15) is 12.1 Å². The Morgan fingerprint density at radius 2 is 1.73 bits per heavy atom. The molecule has 8 nitrogen and oxygen atoms in total. The monoisotopic (exact) mass is 650 g/mol. The fourth-order valence-electron chi connectivity index (χ4n) is 10.5. The molecule has 0 amide bonds. The number of imidazole rings is 1. The third kappa shape index (κ3) is 5.01. The number of aryl methyl sites for hydroxylation is 1. The molecule has 1 N–H and O–H groups in total. The molecule has 0 aromatic carbocycles. The number of aromatic nitrogens is 2. The minimum absolute atomic E-state index is 0.0143. The van der Waals surface area contributed by atoms with E-state index in [1.165, 1.54) is 5.57 Å². The van der Waals surface area contributed by atoms with E-state index in [0.29, 0.717) is 30.3 Å². The van der Waals surface area contributed by atoms with E-state index in [2.05, 4.69) is 57.8 Å². The van der Waals surface area contributed by atoms with Gasteiger partial charge in [0.15, 0.2) is 17.1 Å². The van der Waals surface area contributed by atoms with Crippen LogP contribution in [0.25, 0.3) is 0 Å². The van der Waals surface area contributed by atoms with Crippen LogP contribution in [0.1, 0.15) is 124 Å². The number of hydrogen-bond acceptors (Lipinski definition) is 7. The third-order valence-corrected chi connectivity index (χ3v) is 13.9. The van der Waals surface area contributed by atoms with E-state index in [-0.39, 0.29) is 44.9 Å². The van der Waals surface area contributed by atoms with Crippen molar-refractivity contribution in [2.45, 2.75) is 119 Å². The molecule has 3 fully saturated rings. The number of allylic oxidation sites excluding steroid dienone is 7. The molecule has 0 saturated heterocycles. The van der Waals surface area contributed by atoms with E-state index in [1.54, 1.807) is 17.0 Å². The second kappa shape index (κ2) is 11.9. The molecule has 1 heterocycles. The summed E-state index contributed by atoms with van der Waals surface area (Å²) < 4.78 is 7.72. The Morgan fingerprint density at radius 3 is 2.46 bits per heavy atom. The van der Waals surface area contributed by atoms with Crippen LogP contribution in [0.2, 0.25) is 0 Å². The molecule has 0 aliphatic heterocycles. The van der Waals surface area contributed by atoms with Gasteiger partial charge in [0, 0.05) is 17.5 Å². The topological polar surface area (TPSA) is 129 Å². The molecule has 0 spiro atoms. The van der Waals surface area contributed by atoms with Crippen LogP contribution in [0.3, 0.4) is 0 Å². The number of carbonyl (C=O) groups excluding carboxylic acids is 2. The molecule has 6 rings (SSSR count). The Balaban J connectivity index is 1.12. The molecule has 5 aliphatic rings. The van der Waals surface area contributed by atoms with Crippen molar-refractivity contribution >= 4 is 11.8 Å². The van der Waals surface area contributed by atoms with Crippen molar-refractivity contribution in [2.24, 2.45) is 33.0 Å². The molecule has 254 valence electrons. The Kier molecular flexibility index (Phi) is 8.42. The number of carbonyl (C=O) groups is 2. The van der Waals surface area contributed by atoms with Gasteiger partial charge in [-0.3, -0.25) is 9.59 Å². The van der Waals surface area contributed by atoms with Crippen molar-refractivity contribution < 1.29 is 19.4 Å². The first kappa shape index (κ1) is 34.0. The minimum atomic E-state index is -0.522. The Bertz CT molecular complexity index is 1760. The van der Waals surface area contributed by atoms with Gasteiger partial charge in [0.2, 0.25) is 5.78 Å². The summed E-state index contributed by atoms with van der Waals surface area (Å²) in [4.78, 5) is 30.6. The number of ketones is 1. The van der Waals surface area contributed by atoms with Crippen LogP contribution in [0.4, 0.5) is 0 Å². The molecule has 0 radical (unpaired) electrons. The summed E-state index contributed by atoms with van der Waals surface area (Å²) in [6, 6.07) is 4.02. The maximum Gasteiger partial charge on any atom is 0.311 e. The lowest BCUT2D eigenvalue weighted by atomic mass is 9.34. The maximum atomic E-state index is 13.8. The zero-order valence-electron chi connectivity index (χ0n) is 29.5. The van der Waals surface area contributed by atoms with Crippen LogP contribution in [0.5, 0.6) is 0 Å². The van der Waals surface area contributed by atoms with Crippen LogP contribution < -0.4 is 0 Å². The highest BCUT2D eigenvalue weighted by Crippen LogP contribution is 2.75. The summed E-state index contributed by atoms with van der Waals surface area (Å²) in [6.07, 6.45) is 18.0. The highest BCUT2D eigenvalue weighted by Gasteiger charge is 2.67. The predicted molar refractivity (Wildman–Crippen MR) is 182 cm³/mol. The highest BCUT2D eigenvalue weighted by molar-refractivity contribution is 6.06. The van der Waals surface area contributed by atoms with Crippen LogP contribution >= 0.6 is 0 Å². The van der Waals surface area contributed by atoms with Gasteiger partial charge in [0.05, 0.1) is 18.3 Å². The second-order valence-corrected chi connectivity index (χ2v) is 16.5. The fourth-order valence-corrected chi connectivity index (χ4v) is 10.5. The van der Waals surface area contributed by atoms with E-state index >= 15 is 0 Å². The number of hydrogen-bond donors (Lipinski definition) is 1. The summed E-state index contributed by atoms with van der Waals surface area (Å²) in [7, 11) is 0. The summed E-state index contributed by atoms with van der Waals surface area (Å²) >= 11 is 0. The van der Waals surface area contributed by atoms with Gasteiger partial charge in [-0.25, -0.2) is 4.98 Å². The Morgan fingerprint density at radius 1 is 1.00 bits per heavy atom. The number of nitriles is 2. The number of aliphatic hydroxyl groups excluding tert-OH is 1.